The molecule has 0 saturated heterocycles. The summed E-state index contributed by atoms with van der Waals surface area (Å²) in [6.45, 7) is 6.18. The standard InChI is InChI=1S/C21H23ClN4OS/c1-14(2)15(3)23-19(27)13-28-21-25-24-20(17-11-7-8-12-18(17)22)26(21)16-9-5-4-6-10-16/h4-12,14-15H,13H2,1-3H3,(H,23,27). The SMILES string of the molecule is CC(C)C(C)NC(=O)CSc1nnc(-c2ccccc2Cl)n1-c1ccccc1. The van der Waals surface area contributed by atoms with E-state index in [1.165, 1.54) is 11.8 Å². The molecule has 0 aliphatic carbocycles. The Labute approximate surface area is 174 Å². The molecule has 1 aromatic heterocycles. The fourth-order valence-corrected chi connectivity index (χ4v) is 3.57. The monoisotopic (exact) mass is 414 g/mol. The van der Waals surface area contributed by atoms with Crippen LogP contribution in [0.2, 0.25) is 5.02 Å². The van der Waals surface area contributed by atoms with Gasteiger partial charge in [-0.05, 0) is 37.1 Å². The Bertz CT molecular complexity index is 943. The van der Waals surface area contributed by atoms with Crippen molar-refractivity contribution in [3.8, 4) is 17.1 Å². The molecule has 0 bridgehead atoms. The van der Waals surface area contributed by atoms with Crippen LogP contribution in [0.4, 0.5) is 0 Å². The van der Waals surface area contributed by atoms with E-state index in [2.05, 4.69) is 29.4 Å². The smallest absolute Gasteiger partial charge is 0.230 e. The van der Waals surface area contributed by atoms with E-state index in [-0.39, 0.29) is 17.7 Å². The summed E-state index contributed by atoms with van der Waals surface area (Å²) in [6.07, 6.45) is 0. The molecule has 5 nitrogen and oxygen atoms in total. The van der Waals surface area contributed by atoms with Crippen molar-refractivity contribution < 1.29 is 4.79 Å². The average molecular weight is 415 g/mol. The van der Waals surface area contributed by atoms with Crippen LogP contribution in [0.25, 0.3) is 17.1 Å². The molecule has 3 aromatic rings. The molecule has 1 amide bonds. The summed E-state index contributed by atoms with van der Waals surface area (Å²) < 4.78 is 1.94. The van der Waals surface area contributed by atoms with E-state index in [4.69, 9.17) is 11.6 Å². The van der Waals surface area contributed by atoms with E-state index in [1.807, 2.05) is 66.1 Å². The maximum atomic E-state index is 12.3. The van der Waals surface area contributed by atoms with Gasteiger partial charge >= 0.3 is 0 Å². The van der Waals surface area contributed by atoms with Gasteiger partial charge in [0.05, 0.1) is 10.8 Å². The van der Waals surface area contributed by atoms with Gasteiger partial charge in [0, 0.05) is 17.3 Å². The van der Waals surface area contributed by atoms with Crippen LogP contribution in [0, 0.1) is 5.92 Å². The lowest BCUT2D eigenvalue weighted by Crippen LogP contribution is -2.37. The van der Waals surface area contributed by atoms with Crippen LogP contribution in [0.15, 0.2) is 59.8 Å². The van der Waals surface area contributed by atoms with E-state index in [0.29, 0.717) is 21.9 Å². The van der Waals surface area contributed by atoms with Crippen molar-refractivity contribution in [1.29, 1.82) is 0 Å². The predicted octanol–water partition coefficient (Wildman–Crippen LogP) is 4.84. The third-order valence-corrected chi connectivity index (χ3v) is 5.74. The predicted molar refractivity (Wildman–Crippen MR) is 115 cm³/mol. The molecule has 1 heterocycles. The van der Waals surface area contributed by atoms with Crippen LogP contribution in [0.5, 0.6) is 0 Å². The third-order valence-electron chi connectivity index (χ3n) is 4.48. The zero-order valence-electron chi connectivity index (χ0n) is 16.1. The number of aromatic nitrogens is 3. The van der Waals surface area contributed by atoms with E-state index in [0.717, 1.165) is 11.3 Å². The maximum absolute atomic E-state index is 12.3. The number of carbonyl (C=O) groups excluding carboxylic acids is 1. The molecule has 3 rings (SSSR count). The van der Waals surface area contributed by atoms with E-state index in [9.17, 15) is 4.79 Å². The van der Waals surface area contributed by atoms with Crippen molar-refractivity contribution in [2.75, 3.05) is 5.75 Å². The highest BCUT2D eigenvalue weighted by molar-refractivity contribution is 7.99. The number of benzene rings is 2. The van der Waals surface area contributed by atoms with Crippen molar-refractivity contribution in [3.63, 3.8) is 0 Å². The topological polar surface area (TPSA) is 59.8 Å². The van der Waals surface area contributed by atoms with Crippen LogP contribution < -0.4 is 5.32 Å². The van der Waals surface area contributed by atoms with Crippen LogP contribution in [-0.2, 0) is 4.79 Å². The van der Waals surface area contributed by atoms with Gasteiger partial charge in [0.25, 0.3) is 0 Å². The Morgan fingerprint density at radius 2 is 1.75 bits per heavy atom. The molecular formula is C21H23ClN4OS. The molecule has 1 unspecified atom stereocenters. The van der Waals surface area contributed by atoms with Crippen LogP contribution in [-0.4, -0.2) is 32.5 Å². The maximum Gasteiger partial charge on any atom is 0.230 e. The fraction of sp³-hybridized carbons (Fsp3) is 0.286. The van der Waals surface area contributed by atoms with Gasteiger partial charge in [-0.25, -0.2) is 0 Å². The number of halogens is 1. The lowest BCUT2D eigenvalue weighted by molar-refractivity contribution is -0.119. The molecule has 2 aromatic carbocycles. The van der Waals surface area contributed by atoms with Crippen LogP contribution in [0.1, 0.15) is 20.8 Å². The highest BCUT2D eigenvalue weighted by Crippen LogP contribution is 2.31. The molecule has 0 fully saturated rings. The number of para-hydroxylation sites is 1. The van der Waals surface area contributed by atoms with E-state index >= 15 is 0 Å². The first-order chi connectivity index (χ1) is 13.5. The molecular weight excluding hydrogens is 392 g/mol. The van der Waals surface area contributed by atoms with Crippen molar-refractivity contribution in [3.05, 3.63) is 59.6 Å². The zero-order chi connectivity index (χ0) is 20.1. The van der Waals surface area contributed by atoms with E-state index < -0.39 is 0 Å². The van der Waals surface area contributed by atoms with Gasteiger partial charge in [0.15, 0.2) is 11.0 Å². The number of nitrogens with zero attached hydrogens (tertiary/aromatic N) is 3. The van der Waals surface area contributed by atoms with Crippen molar-refractivity contribution >= 4 is 29.3 Å². The Balaban J connectivity index is 1.90. The number of amides is 1. The van der Waals surface area contributed by atoms with Gasteiger partial charge in [-0.3, -0.25) is 9.36 Å². The summed E-state index contributed by atoms with van der Waals surface area (Å²) >= 11 is 7.75. The summed E-state index contributed by atoms with van der Waals surface area (Å²) in [6, 6.07) is 17.5. The molecule has 28 heavy (non-hydrogen) atoms. The van der Waals surface area contributed by atoms with Crippen molar-refractivity contribution in [2.45, 2.75) is 32.0 Å². The first-order valence-corrected chi connectivity index (χ1v) is 10.5. The summed E-state index contributed by atoms with van der Waals surface area (Å²) in [5.74, 6) is 1.28. The van der Waals surface area contributed by atoms with Gasteiger partial charge in [-0.2, -0.15) is 0 Å². The second-order valence-corrected chi connectivity index (χ2v) is 8.20. The Morgan fingerprint density at radius 3 is 2.43 bits per heavy atom. The number of thioether (sulfide) groups is 1. The molecule has 146 valence electrons. The number of rotatable bonds is 7. The molecule has 7 heteroatoms. The Kier molecular flexibility index (Phi) is 6.75. The number of nitrogens with one attached hydrogen (secondary N) is 1. The average Bonchev–Trinajstić information content (AvgIpc) is 3.11. The van der Waals surface area contributed by atoms with Crippen molar-refractivity contribution in [2.24, 2.45) is 5.92 Å². The number of hydrogen-bond donors (Lipinski definition) is 1. The van der Waals surface area contributed by atoms with Crippen LogP contribution in [0.3, 0.4) is 0 Å². The summed E-state index contributed by atoms with van der Waals surface area (Å²) in [5.41, 5.74) is 1.71. The molecule has 1 N–H and O–H groups in total. The second-order valence-electron chi connectivity index (χ2n) is 6.85. The Hall–Kier alpha value is -2.31. The molecule has 0 saturated carbocycles. The number of hydrogen-bond acceptors (Lipinski definition) is 4. The first kappa shape index (κ1) is 20.4. The second kappa shape index (κ2) is 9.26. The fourth-order valence-electron chi connectivity index (χ4n) is 2.58. The quantitative estimate of drug-likeness (QED) is 0.562. The minimum Gasteiger partial charge on any atom is -0.353 e. The number of carbonyl (C=O) groups is 1. The van der Waals surface area contributed by atoms with Gasteiger partial charge in [-0.1, -0.05) is 67.5 Å². The normalized spacial score (nSPS) is 12.2. The molecule has 0 spiro atoms. The van der Waals surface area contributed by atoms with Gasteiger partial charge in [0.1, 0.15) is 0 Å². The third kappa shape index (κ3) is 4.75. The summed E-state index contributed by atoms with van der Waals surface area (Å²) in [4.78, 5) is 12.3. The van der Waals surface area contributed by atoms with E-state index in [1.54, 1.807) is 0 Å². The summed E-state index contributed by atoms with van der Waals surface area (Å²) in [5, 5.41) is 13.0. The minimum atomic E-state index is -0.0203. The highest BCUT2D eigenvalue weighted by Gasteiger charge is 2.19. The van der Waals surface area contributed by atoms with Gasteiger partial charge in [0.2, 0.25) is 5.91 Å². The summed E-state index contributed by atoms with van der Waals surface area (Å²) in [7, 11) is 0. The molecule has 0 aliphatic heterocycles. The highest BCUT2D eigenvalue weighted by atomic mass is 35.5. The molecule has 1 atom stereocenters. The molecule has 0 aliphatic rings. The minimum absolute atomic E-state index is 0.0203. The lowest BCUT2D eigenvalue weighted by atomic mass is 10.1. The largest absolute Gasteiger partial charge is 0.353 e. The van der Waals surface area contributed by atoms with Crippen LogP contribution >= 0.6 is 23.4 Å². The first-order valence-electron chi connectivity index (χ1n) is 9.15. The Morgan fingerprint density at radius 1 is 1.07 bits per heavy atom. The molecule has 0 radical (unpaired) electrons. The van der Waals surface area contributed by atoms with Gasteiger partial charge in [-0.15, -0.1) is 10.2 Å². The zero-order valence-corrected chi connectivity index (χ0v) is 17.7. The lowest BCUT2D eigenvalue weighted by Gasteiger charge is -2.17. The van der Waals surface area contributed by atoms with Gasteiger partial charge < -0.3 is 5.32 Å². The van der Waals surface area contributed by atoms with Crippen molar-refractivity contribution in [1.82, 2.24) is 20.1 Å².